The molecule has 116 valence electrons. The van der Waals surface area contributed by atoms with Crippen LogP contribution < -0.4 is 0 Å². The van der Waals surface area contributed by atoms with E-state index >= 15 is 0 Å². The van der Waals surface area contributed by atoms with Crippen molar-refractivity contribution >= 4 is 16.8 Å². The summed E-state index contributed by atoms with van der Waals surface area (Å²) < 4.78 is 2.05. The standard InChI is InChI=1S/C19H19N3O/c1-21-13-10-14-15(6-4-8-17(14)21)19(23)22-12-5-9-18(22)16-7-2-3-11-20-16/h2-4,6-8,10-11,13,18H,5,9,12H2,1H3/t18-/m0/s1. The summed E-state index contributed by atoms with van der Waals surface area (Å²) in [5.74, 6) is 0.106. The Hall–Kier alpha value is -2.62. The molecule has 1 aromatic carbocycles. The van der Waals surface area contributed by atoms with Crippen LogP contribution in [0.3, 0.4) is 0 Å². The van der Waals surface area contributed by atoms with Gasteiger partial charge in [0.1, 0.15) is 0 Å². The summed E-state index contributed by atoms with van der Waals surface area (Å²) in [4.78, 5) is 19.6. The summed E-state index contributed by atoms with van der Waals surface area (Å²) in [6, 6.07) is 14.0. The number of hydrogen-bond acceptors (Lipinski definition) is 2. The van der Waals surface area contributed by atoms with Crippen molar-refractivity contribution in [2.45, 2.75) is 18.9 Å². The van der Waals surface area contributed by atoms with Gasteiger partial charge in [0.2, 0.25) is 0 Å². The van der Waals surface area contributed by atoms with Gasteiger partial charge in [0, 0.05) is 42.5 Å². The van der Waals surface area contributed by atoms with Gasteiger partial charge >= 0.3 is 0 Å². The monoisotopic (exact) mass is 305 g/mol. The molecule has 1 atom stereocenters. The van der Waals surface area contributed by atoms with E-state index in [1.807, 2.05) is 65.2 Å². The van der Waals surface area contributed by atoms with Crippen molar-refractivity contribution in [3.63, 3.8) is 0 Å². The third-order valence-corrected chi connectivity index (χ3v) is 4.70. The largest absolute Gasteiger partial charge is 0.351 e. The first-order valence-corrected chi connectivity index (χ1v) is 8.01. The lowest BCUT2D eigenvalue weighted by Gasteiger charge is -2.24. The Labute approximate surface area is 135 Å². The van der Waals surface area contributed by atoms with Gasteiger partial charge in [-0.25, -0.2) is 0 Å². The molecule has 23 heavy (non-hydrogen) atoms. The van der Waals surface area contributed by atoms with Crippen molar-refractivity contribution < 1.29 is 4.79 Å². The Morgan fingerprint density at radius 3 is 2.91 bits per heavy atom. The summed E-state index contributed by atoms with van der Waals surface area (Å²) in [7, 11) is 2.00. The zero-order valence-electron chi connectivity index (χ0n) is 13.1. The number of likely N-dealkylation sites (tertiary alicyclic amines) is 1. The fourth-order valence-electron chi connectivity index (χ4n) is 3.53. The number of pyridine rings is 1. The third-order valence-electron chi connectivity index (χ3n) is 4.70. The SMILES string of the molecule is Cn1ccc2c(C(=O)N3CCC[C@H]3c3ccccn3)cccc21. The molecule has 3 aromatic rings. The Bertz CT molecular complexity index is 853. The van der Waals surface area contributed by atoms with Gasteiger partial charge in [-0.1, -0.05) is 12.1 Å². The molecule has 0 N–H and O–H groups in total. The van der Waals surface area contributed by atoms with Crippen LogP contribution in [0, 0.1) is 0 Å². The Balaban J connectivity index is 1.73. The van der Waals surface area contributed by atoms with Crippen LogP contribution >= 0.6 is 0 Å². The molecule has 4 rings (SSSR count). The summed E-state index contributed by atoms with van der Waals surface area (Å²) in [6.45, 7) is 0.795. The number of carbonyl (C=O) groups is 1. The van der Waals surface area contributed by atoms with Gasteiger partial charge in [-0.2, -0.15) is 0 Å². The van der Waals surface area contributed by atoms with Crippen molar-refractivity contribution in [1.82, 2.24) is 14.5 Å². The maximum absolute atomic E-state index is 13.1. The summed E-state index contributed by atoms with van der Waals surface area (Å²) >= 11 is 0. The lowest BCUT2D eigenvalue weighted by molar-refractivity contribution is 0.0735. The molecule has 1 aliphatic rings. The Kier molecular flexibility index (Phi) is 3.37. The molecule has 0 aliphatic carbocycles. The van der Waals surface area contributed by atoms with Crippen LogP contribution in [0.1, 0.15) is 34.9 Å². The van der Waals surface area contributed by atoms with E-state index in [2.05, 4.69) is 4.98 Å². The van der Waals surface area contributed by atoms with Crippen LogP contribution in [0.25, 0.3) is 10.9 Å². The maximum atomic E-state index is 13.1. The molecular formula is C19H19N3O. The second-order valence-corrected chi connectivity index (χ2v) is 6.08. The van der Waals surface area contributed by atoms with Crippen LogP contribution in [-0.2, 0) is 7.05 Å². The average molecular weight is 305 g/mol. The zero-order chi connectivity index (χ0) is 15.8. The molecule has 1 amide bonds. The summed E-state index contributed by atoms with van der Waals surface area (Å²) in [6.07, 6.45) is 5.81. The van der Waals surface area contributed by atoms with E-state index in [0.717, 1.165) is 41.5 Å². The average Bonchev–Trinajstić information content (AvgIpc) is 3.22. The number of aromatic nitrogens is 2. The number of amides is 1. The highest BCUT2D eigenvalue weighted by atomic mass is 16.2. The van der Waals surface area contributed by atoms with E-state index in [1.165, 1.54) is 0 Å². The molecule has 0 saturated carbocycles. The minimum atomic E-state index is 0.0858. The number of aryl methyl sites for hydroxylation is 1. The van der Waals surface area contributed by atoms with Crippen LogP contribution in [-0.4, -0.2) is 26.9 Å². The second-order valence-electron chi connectivity index (χ2n) is 6.08. The van der Waals surface area contributed by atoms with E-state index < -0.39 is 0 Å². The molecule has 0 unspecified atom stereocenters. The lowest BCUT2D eigenvalue weighted by atomic mass is 10.1. The van der Waals surface area contributed by atoms with E-state index in [1.54, 1.807) is 6.20 Å². The number of hydrogen-bond donors (Lipinski definition) is 0. The normalized spacial score (nSPS) is 17.8. The fraction of sp³-hybridized carbons (Fsp3) is 0.263. The number of benzene rings is 1. The van der Waals surface area contributed by atoms with Crippen molar-refractivity contribution in [1.29, 1.82) is 0 Å². The molecule has 1 aliphatic heterocycles. The molecular weight excluding hydrogens is 286 g/mol. The quantitative estimate of drug-likeness (QED) is 0.726. The number of carbonyl (C=O) groups excluding carboxylic acids is 1. The maximum Gasteiger partial charge on any atom is 0.255 e. The molecule has 3 heterocycles. The van der Waals surface area contributed by atoms with E-state index in [-0.39, 0.29) is 11.9 Å². The zero-order valence-corrected chi connectivity index (χ0v) is 13.1. The van der Waals surface area contributed by atoms with E-state index in [4.69, 9.17) is 0 Å². The highest BCUT2D eigenvalue weighted by molar-refractivity contribution is 6.06. The van der Waals surface area contributed by atoms with Gasteiger partial charge < -0.3 is 9.47 Å². The van der Waals surface area contributed by atoms with Gasteiger partial charge in [0.05, 0.1) is 11.7 Å². The van der Waals surface area contributed by atoms with Gasteiger partial charge in [0.15, 0.2) is 0 Å². The molecule has 0 radical (unpaired) electrons. The predicted octanol–water partition coefficient (Wildman–Crippen LogP) is 3.55. The smallest absolute Gasteiger partial charge is 0.255 e. The topological polar surface area (TPSA) is 38.1 Å². The highest BCUT2D eigenvalue weighted by Crippen LogP contribution is 2.33. The molecule has 1 saturated heterocycles. The van der Waals surface area contributed by atoms with Crippen molar-refractivity contribution in [3.8, 4) is 0 Å². The molecule has 0 bridgehead atoms. The Morgan fingerprint density at radius 1 is 1.17 bits per heavy atom. The molecule has 4 nitrogen and oxygen atoms in total. The van der Waals surface area contributed by atoms with E-state index in [9.17, 15) is 4.79 Å². The Morgan fingerprint density at radius 2 is 2.09 bits per heavy atom. The summed E-state index contributed by atoms with van der Waals surface area (Å²) in [5, 5.41) is 1.02. The predicted molar refractivity (Wildman–Crippen MR) is 90.2 cm³/mol. The van der Waals surface area contributed by atoms with Crippen LogP contribution in [0.2, 0.25) is 0 Å². The molecule has 0 spiro atoms. The first kappa shape index (κ1) is 14.0. The van der Waals surface area contributed by atoms with Crippen molar-refractivity contribution in [2.75, 3.05) is 6.54 Å². The van der Waals surface area contributed by atoms with Crippen LogP contribution in [0.5, 0.6) is 0 Å². The van der Waals surface area contributed by atoms with Crippen molar-refractivity contribution in [2.24, 2.45) is 7.05 Å². The molecule has 2 aromatic heterocycles. The minimum absolute atomic E-state index is 0.0858. The first-order valence-electron chi connectivity index (χ1n) is 8.01. The van der Waals surface area contributed by atoms with Gasteiger partial charge in [-0.3, -0.25) is 9.78 Å². The lowest BCUT2D eigenvalue weighted by Crippen LogP contribution is -2.31. The highest BCUT2D eigenvalue weighted by Gasteiger charge is 2.32. The fourth-order valence-corrected chi connectivity index (χ4v) is 3.53. The van der Waals surface area contributed by atoms with E-state index in [0.29, 0.717) is 0 Å². The third kappa shape index (κ3) is 2.31. The number of nitrogens with zero attached hydrogens (tertiary/aromatic N) is 3. The molecule has 1 fully saturated rings. The minimum Gasteiger partial charge on any atom is -0.351 e. The van der Waals surface area contributed by atoms with Gasteiger partial charge in [-0.15, -0.1) is 0 Å². The summed E-state index contributed by atoms with van der Waals surface area (Å²) in [5.41, 5.74) is 2.86. The first-order chi connectivity index (χ1) is 11.3. The second kappa shape index (κ2) is 5.54. The van der Waals surface area contributed by atoms with Gasteiger partial charge in [0.25, 0.3) is 5.91 Å². The van der Waals surface area contributed by atoms with Gasteiger partial charge in [-0.05, 0) is 43.2 Å². The van der Waals surface area contributed by atoms with Crippen LogP contribution in [0.4, 0.5) is 0 Å². The molecule has 4 heteroatoms. The van der Waals surface area contributed by atoms with Crippen molar-refractivity contribution in [3.05, 3.63) is 66.1 Å². The van der Waals surface area contributed by atoms with Crippen LogP contribution in [0.15, 0.2) is 54.9 Å². The number of rotatable bonds is 2. The number of fused-ring (bicyclic) bond motifs is 1.